The van der Waals surface area contributed by atoms with Crippen LogP contribution in [0.4, 0.5) is 18.9 Å². The van der Waals surface area contributed by atoms with Gasteiger partial charge >= 0.3 is 6.18 Å². The van der Waals surface area contributed by atoms with Crippen molar-refractivity contribution in [1.29, 1.82) is 0 Å². The number of benzene rings is 2. The highest BCUT2D eigenvalue weighted by atomic mass is 32.2. The number of nitrogens with two attached hydrogens (primary N) is 1. The van der Waals surface area contributed by atoms with Crippen LogP contribution in [0, 0.1) is 0 Å². The molecule has 7 nitrogen and oxygen atoms in total. The lowest BCUT2D eigenvalue weighted by atomic mass is 10.1. The number of primary sulfonamides is 1. The Balaban J connectivity index is 2.08. The number of halogens is 3. The van der Waals surface area contributed by atoms with Gasteiger partial charge in [-0.15, -0.1) is 0 Å². The molecule has 3 rings (SSSR count). The molecule has 152 valence electrons. The van der Waals surface area contributed by atoms with Crippen LogP contribution in [-0.2, 0) is 16.2 Å². The second kappa shape index (κ2) is 7.33. The van der Waals surface area contributed by atoms with Crippen molar-refractivity contribution in [3.05, 3.63) is 59.8 Å². The fraction of sp³-hybridized carbons (Fsp3) is 0.111. The number of para-hydroxylation sites is 1. The molecule has 0 unspecified atom stereocenters. The first kappa shape index (κ1) is 20.6. The predicted molar refractivity (Wildman–Crippen MR) is 99.1 cm³/mol. The largest absolute Gasteiger partial charge is 0.496 e. The molecule has 1 amide bonds. The fourth-order valence-electron chi connectivity index (χ4n) is 2.74. The van der Waals surface area contributed by atoms with E-state index in [0.29, 0.717) is 0 Å². The molecule has 1 heterocycles. The molecule has 0 saturated heterocycles. The van der Waals surface area contributed by atoms with Crippen molar-refractivity contribution in [2.75, 3.05) is 12.4 Å². The zero-order valence-electron chi connectivity index (χ0n) is 14.8. The number of sulfonamides is 1. The number of carbonyl (C=O) groups is 1. The SMILES string of the molecule is COc1ccc(S(N)(=O)=O)cc1C(=O)Nc1ccnc2c(C(F)(F)F)cccc12. The smallest absolute Gasteiger partial charge is 0.418 e. The summed E-state index contributed by atoms with van der Waals surface area (Å²) in [5.41, 5.74) is -1.37. The normalized spacial score (nSPS) is 12.0. The summed E-state index contributed by atoms with van der Waals surface area (Å²) in [6, 6.07) is 8.24. The van der Waals surface area contributed by atoms with Gasteiger partial charge in [0.05, 0.1) is 34.3 Å². The minimum absolute atomic E-state index is 0.0595. The molecule has 0 saturated carbocycles. The van der Waals surface area contributed by atoms with Crippen LogP contribution in [0.3, 0.4) is 0 Å². The van der Waals surface area contributed by atoms with Crippen molar-refractivity contribution >= 4 is 32.5 Å². The van der Waals surface area contributed by atoms with Gasteiger partial charge in [0.1, 0.15) is 5.75 Å². The molecule has 29 heavy (non-hydrogen) atoms. The van der Waals surface area contributed by atoms with Gasteiger partial charge in [-0.2, -0.15) is 13.2 Å². The maximum Gasteiger partial charge on any atom is 0.418 e. The van der Waals surface area contributed by atoms with Gasteiger partial charge in [0.2, 0.25) is 10.0 Å². The van der Waals surface area contributed by atoms with Crippen LogP contribution in [0.25, 0.3) is 10.9 Å². The molecule has 11 heteroatoms. The number of carbonyl (C=O) groups excluding carboxylic acids is 1. The Hall–Kier alpha value is -3.18. The second-order valence-corrected chi connectivity index (χ2v) is 7.48. The fourth-order valence-corrected chi connectivity index (χ4v) is 3.28. The van der Waals surface area contributed by atoms with Gasteiger partial charge in [0.25, 0.3) is 5.91 Å². The number of fused-ring (bicyclic) bond motifs is 1. The lowest BCUT2D eigenvalue weighted by Gasteiger charge is -2.14. The molecule has 0 aliphatic rings. The van der Waals surface area contributed by atoms with Gasteiger partial charge in [0, 0.05) is 11.6 Å². The second-order valence-electron chi connectivity index (χ2n) is 5.92. The molecular formula is C18H14F3N3O4S. The molecule has 0 aliphatic carbocycles. The van der Waals surface area contributed by atoms with Crippen LogP contribution in [0.2, 0.25) is 0 Å². The number of alkyl halides is 3. The van der Waals surface area contributed by atoms with E-state index in [1.807, 2.05) is 0 Å². The van der Waals surface area contributed by atoms with Crippen molar-refractivity contribution < 1.29 is 31.1 Å². The van der Waals surface area contributed by atoms with Crippen molar-refractivity contribution in [3.63, 3.8) is 0 Å². The number of methoxy groups -OCH3 is 1. The number of anilines is 1. The van der Waals surface area contributed by atoms with Crippen LogP contribution in [-0.4, -0.2) is 26.4 Å². The Morgan fingerprint density at radius 1 is 1.17 bits per heavy atom. The van der Waals surface area contributed by atoms with Crippen LogP contribution >= 0.6 is 0 Å². The van der Waals surface area contributed by atoms with E-state index in [0.717, 1.165) is 18.3 Å². The third kappa shape index (κ3) is 4.15. The number of rotatable bonds is 4. The standard InChI is InChI=1S/C18H14F3N3O4S/c1-28-15-6-5-10(29(22,26)27)9-12(15)17(25)24-14-7-8-23-16-11(14)3-2-4-13(16)18(19,20)21/h2-9H,1H3,(H2,22,26,27)(H,23,24,25). The van der Waals surface area contributed by atoms with Crippen molar-refractivity contribution in [2.24, 2.45) is 5.14 Å². The Bertz CT molecular complexity index is 1210. The minimum atomic E-state index is -4.62. The summed E-state index contributed by atoms with van der Waals surface area (Å²) in [5, 5.41) is 7.62. The molecule has 0 bridgehead atoms. The quantitative estimate of drug-likeness (QED) is 0.667. The Morgan fingerprint density at radius 3 is 2.52 bits per heavy atom. The summed E-state index contributed by atoms with van der Waals surface area (Å²) in [6.07, 6.45) is -3.49. The Labute approximate surface area is 163 Å². The number of nitrogens with one attached hydrogen (secondary N) is 1. The van der Waals surface area contributed by atoms with E-state index in [1.165, 1.54) is 37.4 Å². The molecule has 0 aliphatic heterocycles. The first-order valence-electron chi connectivity index (χ1n) is 7.99. The van der Waals surface area contributed by atoms with Crippen LogP contribution < -0.4 is 15.2 Å². The molecule has 0 atom stereocenters. The van der Waals surface area contributed by atoms with Gasteiger partial charge in [-0.25, -0.2) is 13.6 Å². The number of aromatic nitrogens is 1. The third-order valence-electron chi connectivity index (χ3n) is 4.07. The minimum Gasteiger partial charge on any atom is -0.496 e. The predicted octanol–water partition coefficient (Wildman–Crippen LogP) is 3.16. The van der Waals surface area contributed by atoms with E-state index in [-0.39, 0.29) is 32.8 Å². The van der Waals surface area contributed by atoms with Gasteiger partial charge in [-0.3, -0.25) is 9.78 Å². The molecule has 3 aromatic rings. The summed E-state index contributed by atoms with van der Waals surface area (Å²) in [5.74, 6) is -0.735. The molecule has 3 N–H and O–H groups in total. The highest BCUT2D eigenvalue weighted by Gasteiger charge is 2.33. The Kier molecular flexibility index (Phi) is 5.20. The van der Waals surface area contributed by atoms with Crippen LogP contribution in [0.1, 0.15) is 15.9 Å². The zero-order valence-corrected chi connectivity index (χ0v) is 15.6. The third-order valence-corrected chi connectivity index (χ3v) is 4.98. The number of ether oxygens (including phenoxy) is 1. The highest BCUT2D eigenvalue weighted by molar-refractivity contribution is 7.89. The van der Waals surface area contributed by atoms with Gasteiger partial charge in [0.15, 0.2) is 0 Å². The zero-order chi connectivity index (χ0) is 21.4. The average Bonchev–Trinajstić information content (AvgIpc) is 2.65. The summed E-state index contributed by atoms with van der Waals surface area (Å²) < 4.78 is 67.8. The molecule has 0 fully saturated rings. The van der Waals surface area contributed by atoms with E-state index in [1.54, 1.807) is 0 Å². The van der Waals surface area contributed by atoms with E-state index < -0.39 is 27.7 Å². The first-order valence-corrected chi connectivity index (χ1v) is 9.54. The first-order chi connectivity index (χ1) is 13.5. The monoisotopic (exact) mass is 425 g/mol. The molecule has 1 aromatic heterocycles. The van der Waals surface area contributed by atoms with E-state index in [9.17, 15) is 26.4 Å². The van der Waals surface area contributed by atoms with Crippen molar-refractivity contribution in [2.45, 2.75) is 11.1 Å². The summed E-state index contributed by atoms with van der Waals surface area (Å²) in [6.45, 7) is 0. The van der Waals surface area contributed by atoms with E-state index in [2.05, 4.69) is 10.3 Å². The maximum absolute atomic E-state index is 13.2. The van der Waals surface area contributed by atoms with Crippen molar-refractivity contribution in [1.82, 2.24) is 4.98 Å². The number of hydrogen-bond acceptors (Lipinski definition) is 5. The number of hydrogen-bond donors (Lipinski definition) is 2. The molecule has 0 spiro atoms. The van der Waals surface area contributed by atoms with E-state index in [4.69, 9.17) is 9.88 Å². The number of nitrogens with zero attached hydrogens (tertiary/aromatic N) is 1. The number of pyridine rings is 1. The average molecular weight is 425 g/mol. The molecular weight excluding hydrogens is 411 g/mol. The molecule has 2 aromatic carbocycles. The van der Waals surface area contributed by atoms with Crippen LogP contribution in [0.5, 0.6) is 5.75 Å². The lowest BCUT2D eigenvalue weighted by Crippen LogP contribution is -2.17. The summed E-state index contributed by atoms with van der Waals surface area (Å²) in [7, 11) is -2.81. The van der Waals surface area contributed by atoms with Gasteiger partial charge in [-0.1, -0.05) is 12.1 Å². The maximum atomic E-state index is 13.2. The highest BCUT2D eigenvalue weighted by Crippen LogP contribution is 2.36. The lowest BCUT2D eigenvalue weighted by molar-refractivity contribution is -0.136. The molecule has 0 radical (unpaired) electrons. The summed E-state index contributed by atoms with van der Waals surface area (Å²) >= 11 is 0. The van der Waals surface area contributed by atoms with E-state index >= 15 is 0 Å². The van der Waals surface area contributed by atoms with Crippen LogP contribution in [0.15, 0.2) is 53.6 Å². The Morgan fingerprint density at radius 2 is 1.90 bits per heavy atom. The summed E-state index contributed by atoms with van der Waals surface area (Å²) in [4.78, 5) is 16.2. The van der Waals surface area contributed by atoms with Crippen molar-refractivity contribution in [3.8, 4) is 5.75 Å². The topological polar surface area (TPSA) is 111 Å². The van der Waals surface area contributed by atoms with Gasteiger partial charge < -0.3 is 10.1 Å². The van der Waals surface area contributed by atoms with Gasteiger partial charge in [-0.05, 0) is 30.3 Å². The number of amides is 1.